The summed E-state index contributed by atoms with van der Waals surface area (Å²) in [5, 5.41) is 9.20. The molecule has 3 nitrogen and oxygen atoms in total. The minimum atomic E-state index is -0.167. The van der Waals surface area contributed by atoms with Crippen molar-refractivity contribution in [2.75, 3.05) is 13.2 Å². The molecule has 0 aromatic carbocycles. The molecule has 1 rings (SSSR count). The van der Waals surface area contributed by atoms with Gasteiger partial charge in [-0.15, -0.1) is 0 Å². The van der Waals surface area contributed by atoms with Crippen LogP contribution in [0.2, 0.25) is 0 Å². The van der Waals surface area contributed by atoms with E-state index in [1.807, 2.05) is 0 Å². The summed E-state index contributed by atoms with van der Waals surface area (Å²) in [7, 11) is 0. The van der Waals surface area contributed by atoms with Crippen LogP contribution in [-0.4, -0.2) is 30.5 Å². The fourth-order valence-electron chi connectivity index (χ4n) is 1.59. The van der Waals surface area contributed by atoms with Gasteiger partial charge in [0.2, 0.25) is 0 Å². The lowest BCUT2D eigenvalue weighted by Crippen LogP contribution is -2.41. The van der Waals surface area contributed by atoms with E-state index in [1.54, 1.807) is 0 Å². The first-order valence-corrected chi connectivity index (χ1v) is 5.92. The Morgan fingerprint density at radius 1 is 1.40 bits per heavy atom. The van der Waals surface area contributed by atoms with Gasteiger partial charge < -0.3 is 15.6 Å². The van der Waals surface area contributed by atoms with E-state index in [1.165, 1.54) is 12.8 Å². The molecule has 2 unspecified atom stereocenters. The highest BCUT2D eigenvalue weighted by Gasteiger charge is 2.34. The van der Waals surface area contributed by atoms with Crippen LogP contribution < -0.4 is 5.73 Å². The minimum absolute atomic E-state index is 0.0231. The van der Waals surface area contributed by atoms with E-state index in [9.17, 15) is 5.11 Å². The van der Waals surface area contributed by atoms with E-state index < -0.39 is 0 Å². The summed E-state index contributed by atoms with van der Waals surface area (Å²) >= 11 is 0. The van der Waals surface area contributed by atoms with Gasteiger partial charge in [0, 0.05) is 12.6 Å². The predicted octanol–water partition coefficient (Wildman–Crippen LogP) is 1.54. The summed E-state index contributed by atoms with van der Waals surface area (Å²) in [4.78, 5) is 0. The van der Waals surface area contributed by atoms with Crippen molar-refractivity contribution in [3.05, 3.63) is 0 Å². The molecule has 3 heteroatoms. The van der Waals surface area contributed by atoms with Crippen LogP contribution in [0.25, 0.3) is 0 Å². The number of nitrogens with two attached hydrogens (primary N) is 1. The molecule has 1 aliphatic carbocycles. The molecule has 0 bridgehead atoms. The molecule has 0 aliphatic heterocycles. The molecule has 0 spiro atoms. The van der Waals surface area contributed by atoms with Gasteiger partial charge >= 0.3 is 0 Å². The number of rotatable bonds is 6. The van der Waals surface area contributed by atoms with Crippen LogP contribution in [-0.2, 0) is 4.74 Å². The molecule has 2 atom stereocenters. The maximum absolute atomic E-state index is 9.20. The van der Waals surface area contributed by atoms with Crippen molar-refractivity contribution in [2.24, 2.45) is 17.1 Å². The number of ether oxygens (including phenoxy) is 1. The first-order valence-electron chi connectivity index (χ1n) is 5.92. The molecule has 0 aromatic rings. The molecular weight excluding hydrogens is 190 g/mol. The smallest absolute Gasteiger partial charge is 0.0958 e. The molecule has 1 aliphatic rings. The van der Waals surface area contributed by atoms with Gasteiger partial charge in [0.1, 0.15) is 0 Å². The average molecular weight is 215 g/mol. The van der Waals surface area contributed by atoms with E-state index in [2.05, 4.69) is 20.8 Å². The third kappa shape index (κ3) is 4.96. The van der Waals surface area contributed by atoms with Gasteiger partial charge in [-0.2, -0.15) is 0 Å². The summed E-state index contributed by atoms with van der Waals surface area (Å²) in [6.07, 6.45) is 3.22. The molecule has 1 fully saturated rings. The predicted molar refractivity (Wildman–Crippen MR) is 61.6 cm³/mol. The maximum Gasteiger partial charge on any atom is 0.0958 e. The van der Waals surface area contributed by atoms with E-state index in [0.29, 0.717) is 12.5 Å². The van der Waals surface area contributed by atoms with Crippen molar-refractivity contribution in [3.63, 3.8) is 0 Å². The standard InChI is InChI=1S/C12H25NO2/c1-12(2,3)6-7-15-10(8-14)11(13)9-4-5-9/h9-11,14H,4-8,13H2,1-3H3. The van der Waals surface area contributed by atoms with Crippen molar-refractivity contribution in [1.29, 1.82) is 0 Å². The zero-order valence-corrected chi connectivity index (χ0v) is 10.2. The molecule has 0 radical (unpaired) electrons. The monoisotopic (exact) mass is 215 g/mol. The molecular formula is C12H25NO2. The van der Waals surface area contributed by atoms with E-state index in [-0.39, 0.29) is 24.2 Å². The van der Waals surface area contributed by atoms with Crippen molar-refractivity contribution in [2.45, 2.75) is 52.2 Å². The van der Waals surface area contributed by atoms with Crippen LogP contribution in [0, 0.1) is 11.3 Å². The Bertz CT molecular complexity index is 185. The van der Waals surface area contributed by atoms with Crippen LogP contribution in [0.5, 0.6) is 0 Å². The lowest BCUT2D eigenvalue weighted by molar-refractivity contribution is -0.0155. The molecule has 15 heavy (non-hydrogen) atoms. The fourth-order valence-corrected chi connectivity index (χ4v) is 1.59. The molecule has 3 N–H and O–H groups in total. The Labute approximate surface area is 93.0 Å². The molecule has 0 saturated heterocycles. The van der Waals surface area contributed by atoms with Crippen molar-refractivity contribution in [1.82, 2.24) is 0 Å². The zero-order chi connectivity index (χ0) is 11.5. The maximum atomic E-state index is 9.20. The highest BCUT2D eigenvalue weighted by atomic mass is 16.5. The SMILES string of the molecule is CC(C)(C)CCOC(CO)C(N)C1CC1. The highest BCUT2D eigenvalue weighted by molar-refractivity contribution is 4.89. The number of aliphatic hydroxyl groups excluding tert-OH is 1. The Balaban J connectivity index is 2.21. The normalized spacial score (nSPS) is 21.4. The number of aliphatic hydroxyl groups is 1. The molecule has 90 valence electrons. The van der Waals surface area contributed by atoms with E-state index in [4.69, 9.17) is 10.5 Å². The third-order valence-corrected chi connectivity index (χ3v) is 2.96. The Hall–Kier alpha value is -0.120. The average Bonchev–Trinajstić information content (AvgIpc) is 2.92. The summed E-state index contributed by atoms with van der Waals surface area (Å²) in [6, 6.07) is 0.0231. The first-order chi connectivity index (χ1) is 6.94. The minimum Gasteiger partial charge on any atom is -0.394 e. The Kier molecular flexibility index (Phi) is 4.56. The lowest BCUT2D eigenvalue weighted by Gasteiger charge is -2.24. The second-order valence-corrected chi connectivity index (χ2v) is 5.82. The third-order valence-electron chi connectivity index (χ3n) is 2.96. The summed E-state index contributed by atoms with van der Waals surface area (Å²) < 4.78 is 5.66. The Morgan fingerprint density at radius 2 is 2.00 bits per heavy atom. The van der Waals surface area contributed by atoms with Crippen LogP contribution in [0.15, 0.2) is 0 Å². The van der Waals surface area contributed by atoms with Gasteiger partial charge in [-0.1, -0.05) is 20.8 Å². The van der Waals surface area contributed by atoms with Crippen molar-refractivity contribution >= 4 is 0 Å². The first kappa shape index (κ1) is 12.9. The van der Waals surface area contributed by atoms with Crippen molar-refractivity contribution < 1.29 is 9.84 Å². The molecule has 0 amide bonds. The van der Waals surface area contributed by atoms with Crippen LogP contribution in [0.3, 0.4) is 0 Å². The second-order valence-electron chi connectivity index (χ2n) is 5.82. The topological polar surface area (TPSA) is 55.5 Å². The van der Waals surface area contributed by atoms with Gasteiger partial charge in [-0.25, -0.2) is 0 Å². The van der Waals surface area contributed by atoms with Gasteiger partial charge in [-0.3, -0.25) is 0 Å². The van der Waals surface area contributed by atoms with Crippen LogP contribution >= 0.6 is 0 Å². The quantitative estimate of drug-likeness (QED) is 0.706. The second kappa shape index (κ2) is 5.28. The van der Waals surface area contributed by atoms with E-state index in [0.717, 1.165) is 6.42 Å². The number of hydrogen-bond acceptors (Lipinski definition) is 3. The fraction of sp³-hybridized carbons (Fsp3) is 1.00. The summed E-state index contributed by atoms with van der Waals surface area (Å²) in [5.74, 6) is 0.580. The van der Waals surface area contributed by atoms with Crippen LogP contribution in [0.4, 0.5) is 0 Å². The van der Waals surface area contributed by atoms with Gasteiger partial charge in [0.15, 0.2) is 0 Å². The van der Waals surface area contributed by atoms with Gasteiger partial charge in [0.25, 0.3) is 0 Å². The largest absolute Gasteiger partial charge is 0.394 e. The molecule has 0 heterocycles. The van der Waals surface area contributed by atoms with E-state index >= 15 is 0 Å². The summed E-state index contributed by atoms with van der Waals surface area (Å²) in [5.41, 5.74) is 6.28. The van der Waals surface area contributed by atoms with Crippen LogP contribution in [0.1, 0.15) is 40.0 Å². The van der Waals surface area contributed by atoms with Crippen molar-refractivity contribution in [3.8, 4) is 0 Å². The lowest BCUT2D eigenvalue weighted by atomic mass is 9.93. The zero-order valence-electron chi connectivity index (χ0n) is 10.2. The summed E-state index contributed by atoms with van der Waals surface area (Å²) in [6.45, 7) is 7.29. The van der Waals surface area contributed by atoms with Gasteiger partial charge in [0.05, 0.1) is 12.7 Å². The Morgan fingerprint density at radius 3 is 2.40 bits per heavy atom. The van der Waals surface area contributed by atoms with Gasteiger partial charge in [-0.05, 0) is 30.6 Å². The highest BCUT2D eigenvalue weighted by Crippen LogP contribution is 2.33. The number of hydrogen-bond donors (Lipinski definition) is 2. The molecule has 0 aromatic heterocycles. The molecule has 1 saturated carbocycles.